The van der Waals surface area contributed by atoms with Gasteiger partial charge in [-0.25, -0.2) is 4.98 Å². The summed E-state index contributed by atoms with van der Waals surface area (Å²) in [4.78, 5) is 18.7. The van der Waals surface area contributed by atoms with Crippen molar-refractivity contribution in [2.75, 3.05) is 32.7 Å². The molecule has 1 aromatic rings. The second-order valence-corrected chi connectivity index (χ2v) is 5.83. The Morgan fingerprint density at radius 2 is 2.40 bits per heavy atom. The highest BCUT2D eigenvalue weighted by atomic mass is 16.2. The quantitative estimate of drug-likeness (QED) is 0.788. The number of carbonyl (C=O) groups is 1. The van der Waals surface area contributed by atoms with Gasteiger partial charge in [-0.1, -0.05) is 0 Å². The van der Waals surface area contributed by atoms with Crippen LogP contribution in [0.5, 0.6) is 0 Å². The van der Waals surface area contributed by atoms with Gasteiger partial charge in [-0.3, -0.25) is 9.69 Å². The Morgan fingerprint density at radius 3 is 3.10 bits per heavy atom. The molecule has 1 saturated carbocycles. The molecule has 6 heteroatoms. The molecule has 0 radical (unpaired) electrons. The number of hydrogen-bond acceptors (Lipinski definition) is 4. The number of carbonyl (C=O) groups excluding carboxylic acids is 1. The normalized spacial score (nSPS) is 23.8. The maximum atomic E-state index is 12.0. The van der Waals surface area contributed by atoms with Gasteiger partial charge in [0, 0.05) is 45.6 Å². The molecule has 6 nitrogen and oxygen atoms in total. The highest BCUT2D eigenvalue weighted by Crippen LogP contribution is 2.27. The molecule has 1 aromatic heterocycles. The molecule has 1 saturated heterocycles. The fraction of sp³-hybridized carbons (Fsp3) is 0.714. The second kappa shape index (κ2) is 5.93. The summed E-state index contributed by atoms with van der Waals surface area (Å²) in [7, 11) is 2.00. The second-order valence-electron chi connectivity index (χ2n) is 5.83. The number of nitrogens with zero attached hydrogens (tertiary/aromatic N) is 3. The van der Waals surface area contributed by atoms with E-state index in [0.717, 1.165) is 37.9 Å². The smallest absolute Gasteiger partial charge is 0.234 e. The van der Waals surface area contributed by atoms with Gasteiger partial charge in [0.1, 0.15) is 5.82 Å². The summed E-state index contributed by atoms with van der Waals surface area (Å²) >= 11 is 0. The van der Waals surface area contributed by atoms with Crippen LogP contribution < -0.4 is 10.6 Å². The number of imidazole rings is 1. The van der Waals surface area contributed by atoms with Crippen LogP contribution in [0.1, 0.15) is 24.7 Å². The van der Waals surface area contributed by atoms with Crippen molar-refractivity contribution in [3.63, 3.8) is 0 Å². The van der Waals surface area contributed by atoms with Gasteiger partial charge in [0.05, 0.1) is 12.6 Å². The third-order valence-corrected chi connectivity index (χ3v) is 4.14. The van der Waals surface area contributed by atoms with Crippen molar-refractivity contribution < 1.29 is 4.79 Å². The standard InChI is InChI=1S/C14H23N5O/c1-18-6-5-16-14(18)12-9-15-4-7-19(12)10-13(20)17-8-11-2-3-11/h5-6,11-12,15H,2-4,7-10H2,1H3,(H,17,20). The zero-order chi connectivity index (χ0) is 13.9. The lowest BCUT2D eigenvalue weighted by molar-refractivity contribution is -0.123. The molecule has 1 atom stereocenters. The molecule has 1 unspecified atom stereocenters. The fourth-order valence-electron chi connectivity index (χ4n) is 2.71. The lowest BCUT2D eigenvalue weighted by atomic mass is 10.1. The lowest BCUT2D eigenvalue weighted by Gasteiger charge is -2.35. The van der Waals surface area contributed by atoms with Crippen LogP contribution in [0.2, 0.25) is 0 Å². The summed E-state index contributed by atoms with van der Waals surface area (Å²) in [5, 5.41) is 6.43. The third kappa shape index (κ3) is 3.19. The molecule has 0 aromatic carbocycles. The highest BCUT2D eigenvalue weighted by molar-refractivity contribution is 5.78. The zero-order valence-electron chi connectivity index (χ0n) is 12.0. The summed E-state index contributed by atoms with van der Waals surface area (Å²) in [5.41, 5.74) is 0. The number of nitrogens with one attached hydrogen (secondary N) is 2. The Kier molecular flexibility index (Phi) is 4.03. The molecule has 0 bridgehead atoms. The zero-order valence-corrected chi connectivity index (χ0v) is 12.0. The van der Waals surface area contributed by atoms with Crippen molar-refractivity contribution in [1.29, 1.82) is 0 Å². The van der Waals surface area contributed by atoms with Crippen molar-refractivity contribution in [3.05, 3.63) is 18.2 Å². The molecular weight excluding hydrogens is 254 g/mol. The Labute approximate surface area is 119 Å². The molecule has 1 aliphatic heterocycles. The molecule has 2 fully saturated rings. The Hall–Kier alpha value is -1.40. The van der Waals surface area contributed by atoms with E-state index < -0.39 is 0 Å². The third-order valence-electron chi connectivity index (χ3n) is 4.14. The largest absolute Gasteiger partial charge is 0.355 e. The minimum atomic E-state index is 0.137. The van der Waals surface area contributed by atoms with E-state index in [9.17, 15) is 4.79 Å². The minimum Gasteiger partial charge on any atom is -0.355 e. The van der Waals surface area contributed by atoms with Crippen molar-refractivity contribution in [3.8, 4) is 0 Å². The van der Waals surface area contributed by atoms with E-state index in [1.165, 1.54) is 12.8 Å². The first-order valence-corrected chi connectivity index (χ1v) is 7.42. The monoisotopic (exact) mass is 277 g/mol. The van der Waals surface area contributed by atoms with Gasteiger partial charge in [0.2, 0.25) is 5.91 Å². The highest BCUT2D eigenvalue weighted by Gasteiger charge is 2.28. The van der Waals surface area contributed by atoms with Crippen LogP contribution in [0.15, 0.2) is 12.4 Å². The van der Waals surface area contributed by atoms with Crippen LogP contribution in [-0.2, 0) is 11.8 Å². The van der Waals surface area contributed by atoms with Crippen molar-refractivity contribution in [1.82, 2.24) is 25.1 Å². The van der Waals surface area contributed by atoms with E-state index in [1.54, 1.807) is 0 Å². The van der Waals surface area contributed by atoms with Gasteiger partial charge < -0.3 is 15.2 Å². The first-order valence-electron chi connectivity index (χ1n) is 7.42. The average molecular weight is 277 g/mol. The van der Waals surface area contributed by atoms with Crippen LogP contribution >= 0.6 is 0 Å². The minimum absolute atomic E-state index is 0.137. The maximum absolute atomic E-state index is 12.0. The molecule has 1 amide bonds. The predicted octanol–water partition coefficient (Wildman–Crippen LogP) is -0.107. The number of amides is 1. The summed E-state index contributed by atoms with van der Waals surface area (Å²) in [6.45, 7) is 3.97. The van der Waals surface area contributed by atoms with E-state index in [2.05, 4.69) is 20.5 Å². The topological polar surface area (TPSA) is 62.2 Å². The summed E-state index contributed by atoms with van der Waals surface area (Å²) < 4.78 is 2.03. The number of rotatable bonds is 5. The van der Waals surface area contributed by atoms with E-state index in [4.69, 9.17) is 0 Å². The fourth-order valence-corrected chi connectivity index (χ4v) is 2.71. The van der Waals surface area contributed by atoms with Gasteiger partial charge in [-0.05, 0) is 18.8 Å². The molecular formula is C14H23N5O. The van der Waals surface area contributed by atoms with Gasteiger partial charge in [-0.2, -0.15) is 0 Å². The number of piperazine rings is 1. The van der Waals surface area contributed by atoms with Gasteiger partial charge in [0.25, 0.3) is 0 Å². The summed E-state index contributed by atoms with van der Waals surface area (Å²) in [6, 6.07) is 0.176. The summed E-state index contributed by atoms with van der Waals surface area (Å²) in [5.74, 6) is 1.89. The molecule has 20 heavy (non-hydrogen) atoms. The van der Waals surface area contributed by atoms with Gasteiger partial charge in [0.15, 0.2) is 0 Å². The van der Waals surface area contributed by atoms with Crippen LogP contribution in [0, 0.1) is 5.92 Å². The van der Waals surface area contributed by atoms with E-state index >= 15 is 0 Å². The Bertz CT molecular complexity index is 468. The Balaban J connectivity index is 1.59. The van der Waals surface area contributed by atoms with E-state index in [1.807, 2.05) is 24.0 Å². The SMILES string of the molecule is Cn1ccnc1C1CNCCN1CC(=O)NCC1CC1. The molecule has 2 aliphatic rings. The first kappa shape index (κ1) is 13.6. The lowest BCUT2D eigenvalue weighted by Crippen LogP contribution is -2.50. The van der Waals surface area contributed by atoms with E-state index in [-0.39, 0.29) is 11.9 Å². The average Bonchev–Trinajstić information content (AvgIpc) is 3.18. The van der Waals surface area contributed by atoms with E-state index in [0.29, 0.717) is 6.54 Å². The molecule has 0 spiro atoms. The van der Waals surface area contributed by atoms with Crippen LogP contribution in [-0.4, -0.2) is 53.1 Å². The van der Waals surface area contributed by atoms with Gasteiger partial charge in [-0.15, -0.1) is 0 Å². The number of hydrogen-bond donors (Lipinski definition) is 2. The van der Waals surface area contributed by atoms with Gasteiger partial charge >= 0.3 is 0 Å². The van der Waals surface area contributed by atoms with Crippen molar-refractivity contribution in [2.24, 2.45) is 13.0 Å². The molecule has 1 aliphatic carbocycles. The maximum Gasteiger partial charge on any atom is 0.234 e. The Morgan fingerprint density at radius 1 is 1.55 bits per heavy atom. The molecule has 110 valence electrons. The van der Waals surface area contributed by atoms with Crippen molar-refractivity contribution in [2.45, 2.75) is 18.9 Å². The molecule has 2 N–H and O–H groups in total. The predicted molar refractivity (Wildman–Crippen MR) is 76.1 cm³/mol. The van der Waals surface area contributed by atoms with Crippen molar-refractivity contribution >= 4 is 5.91 Å². The number of aryl methyl sites for hydroxylation is 1. The molecule has 2 heterocycles. The van der Waals surface area contributed by atoms with Crippen LogP contribution in [0.25, 0.3) is 0 Å². The van der Waals surface area contributed by atoms with Crippen LogP contribution in [0.4, 0.5) is 0 Å². The molecule has 3 rings (SSSR count). The first-order chi connectivity index (χ1) is 9.74. The number of aromatic nitrogens is 2. The summed E-state index contributed by atoms with van der Waals surface area (Å²) in [6.07, 6.45) is 6.30. The van der Waals surface area contributed by atoms with Crippen LogP contribution in [0.3, 0.4) is 0 Å².